The summed E-state index contributed by atoms with van der Waals surface area (Å²) in [5, 5.41) is 3.59. The van der Waals surface area contributed by atoms with Crippen molar-refractivity contribution in [2.45, 2.75) is 58.4 Å². The smallest absolute Gasteiger partial charge is 0.148 e. The molecule has 0 aromatic carbocycles. The summed E-state index contributed by atoms with van der Waals surface area (Å²) in [7, 11) is 0. The maximum Gasteiger partial charge on any atom is 0.148 e. The predicted molar refractivity (Wildman–Crippen MR) is 78.9 cm³/mol. The zero-order valence-corrected chi connectivity index (χ0v) is 11.9. The topological polar surface area (TPSA) is 75.9 Å². The van der Waals surface area contributed by atoms with E-state index in [1.165, 1.54) is 32.1 Å². The van der Waals surface area contributed by atoms with Gasteiger partial charge in [-0.1, -0.05) is 26.7 Å². The third-order valence-electron chi connectivity index (χ3n) is 4.03. The van der Waals surface area contributed by atoms with Gasteiger partial charge in [-0.25, -0.2) is 15.8 Å². The average Bonchev–Trinajstić information content (AvgIpc) is 2.63. The van der Waals surface area contributed by atoms with Crippen LogP contribution in [0.4, 0.5) is 11.6 Å². The van der Waals surface area contributed by atoms with Crippen LogP contribution >= 0.6 is 0 Å². The van der Waals surface area contributed by atoms with Crippen LogP contribution in [0.2, 0.25) is 0 Å². The van der Waals surface area contributed by atoms with Crippen molar-refractivity contribution in [3.05, 3.63) is 11.9 Å². The number of hydrogen-bond acceptors (Lipinski definition) is 5. The van der Waals surface area contributed by atoms with Gasteiger partial charge in [0.25, 0.3) is 0 Å². The molecule has 2 rings (SSSR count). The lowest BCUT2D eigenvalue weighted by molar-refractivity contribution is 0.501. The molecule has 1 heterocycles. The van der Waals surface area contributed by atoms with Gasteiger partial charge in [0.15, 0.2) is 0 Å². The van der Waals surface area contributed by atoms with Crippen molar-refractivity contribution in [3.8, 4) is 0 Å². The van der Waals surface area contributed by atoms with E-state index in [2.05, 4.69) is 34.6 Å². The summed E-state index contributed by atoms with van der Waals surface area (Å²) in [5.74, 6) is 8.01. The highest BCUT2D eigenvalue weighted by Gasteiger charge is 2.18. The molecule has 0 amide bonds. The first-order chi connectivity index (χ1) is 9.24. The molecular weight excluding hydrogens is 238 g/mol. The second-order valence-electron chi connectivity index (χ2n) is 5.50. The SMILES string of the molecule is CCc1c(NN)ncnc1NC1CCCC(C)CC1. The summed E-state index contributed by atoms with van der Waals surface area (Å²) in [6.45, 7) is 4.45. The first-order valence-electron chi connectivity index (χ1n) is 7.31. The molecule has 1 fully saturated rings. The normalized spacial score (nSPS) is 23.7. The van der Waals surface area contributed by atoms with Crippen molar-refractivity contribution in [2.24, 2.45) is 11.8 Å². The summed E-state index contributed by atoms with van der Waals surface area (Å²) in [6.07, 6.45) is 8.82. The monoisotopic (exact) mass is 263 g/mol. The molecule has 0 aliphatic heterocycles. The van der Waals surface area contributed by atoms with Gasteiger partial charge in [-0.15, -0.1) is 0 Å². The number of nitrogens with one attached hydrogen (secondary N) is 2. The van der Waals surface area contributed by atoms with Gasteiger partial charge in [-0.05, 0) is 31.6 Å². The zero-order chi connectivity index (χ0) is 13.7. The van der Waals surface area contributed by atoms with Crippen LogP contribution in [0.1, 0.15) is 51.5 Å². The standard InChI is InChI=1S/C14H25N5/c1-3-12-13(16-9-17-14(12)19-15)18-11-6-4-5-10(2)7-8-11/h9-11H,3-8,15H2,1-2H3,(H2,16,17,18,19). The second kappa shape index (κ2) is 6.70. The summed E-state index contributed by atoms with van der Waals surface area (Å²) in [5.41, 5.74) is 3.72. The van der Waals surface area contributed by atoms with Gasteiger partial charge in [0.2, 0.25) is 0 Å². The van der Waals surface area contributed by atoms with Crippen LogP contribution in [-0.4, -0.2) is 16.0 Å². The molecule has 4 N–H and O–H groups in total. The quantitative estimate of drug-likeness (QED) is 0.442. The number of hydrogen-bond donors (Lipinski definition) is 3. The number of anilines is 2. The lowest BCUT2D eigenvalue weighted by atomic mass is 10.0. The van der Waals surface area contributed by atoms with Crippen molar-refractivity contribution in [3.63, 3.8) is 0 Å². The van der Waals surface area contributed by atoms with Crippen LogP contribution in [0, 0.1) is 5.92 Å². The van der Waals surface area contributed by atoms with Gasteiger partial charge >= 0.3 is 0 Å². The molecule has 1 saturated carbocycles. The van der Waals surface area contributed by atoms with Crippen LogP contribution in [-0.2, 0) is 6.42 Å². The Balaban J connectivity index is 2.09. The minimum Gasteiger partial charge on any atom is -0.367 e. The maximum atomic E-state index is 5.50. The summed E-state index contributed by atoms with van der Waals surface area (Å²) >= 11 is 0. The molecule has 0 saturated heterocycles. The number of rotatable bonds is 4. The second-order valence-corrected chi connectivity index (χ2v) is 5.50. The molecule has 0 spiro atoms. The summed E-state index contributed by atoms with van der Waals surface area (Å²) in [4.78, 5) is 8.55. The van der Waals surface area contributed by atoms with Crippen molar-refractivity contribution >= 4 is 11.6 Å². The van der Waals surface area contributed by atoms with Gasteiger partial charge in [0.1, 0.15) is 18.0 Å². The Bertz CT molecular complexity index is 407. The fraction of sp³-hybridized carbons (Fsp3) is 0.714. The fourth-order valence-corrected chi connectivity index (χ4v) is 2.82. The third kappa shape index (κ3) is 3.56. The highest BCUT2D eigenvalue weighted by Crippen LogP contribution is 2.27. The summed E-state index contributed by atoms with van der Waals surface area (Å²) in [6, 6.07) is 0.524. The van der Waals surface area contributed by atoms with Crippen LogP contribution in [0.15, 0.2) is 6.33 Å². The van der Waals surface area contributed by atoms with E-state index in [0.717, 1.165) is 29.5 Å². The zero-order valence-electron chi connectivity index (χ0n) is 11.9. The van der Waals surface area contributed by atoms with E-state index in [1.54, 1.807) is 6.33 Å². The van der Waals surface area contributed by atoms with Crippen molar-refractivity contribution < 1.29 is 0 Å². The lowest BCUT2D eigenvalue weighted by Crippen LogP contribution is -2.21. The van der Waals surface area contributed by atoms with E-state index in [4.69, 9.17) is 5.84 Å². The average molecular weight is 263 g/mol. The van der Waals surface area contributed by atoms with Crippen molar-refractivity contribution in [1.82, 2.24) is 9.97 Å². The Labute approximate surface area is 115 Å². The molecule has 1 aliphatic rings. The molecule has 1 aromatic heterocycles. The van der Waals surface area contributed by atoms with E-state index < -0.39 is 0 Å². The van der Waals surface area contributed by atoms with Gasteiger partial charge in [-0.3, -0.25) is 0 Å². The maximum absolute atomic E-state index is 5.50. The molecule has 106 valence electrons. The molecular formula is C14H25N5. The van der Waals surface area contributed by atoms with Gasteiger partial charge in [0.05, 0.1) is 0 Å². The molecule has 5 nitrogen and oxygen atoms in total. The fourth-order valence-electron chi connectivity index (χ4n) is 2.82. The van der Waals surface area contributed by atoms with Gasteiger partial charge in [0, 0.05) is 11.6 Å². The number of nitrogens with two attached hydrogens (primary N) is 1. The highest BCUT2D eigenvalue weighted by molar-refractivity contribution is 5.57. The molecule has 2 unspecified atom stereocenters. The predicted octanol–water partition coefficient (Wildman–Crippen LogP) is 2.71. The summed E-state index contributed by atoms with van der Waals surface area (Å²) < 4.78 is 0. The number of hydrazine groups is 1. The van der Waals surface area contributed by atoms with Crippen LogP contribution in [0.25, 0.3) is 0 Å². The van der Waals surface area contributed by atoms with Gasteiger partial charge < -0.3 is 10.7 Å². The largest absolute Gasteiger partial charge is 0.367 e. The molecule has 19 heavy (non-hydrogen) atoms. The van der Waals surface area contributed by atoms with Crippen LogP contribution < -0.4 is 16.6 Å². The van der Waals surface area contributed by atoms with E-state index >= 15 is 0 Å². The number of nitrogens with zero attached hydrogens (tertiary/aromatic N) is 2. The highest BCUT2D eigenvalue weighted by atomic mass is 15.3. The van der Waals surface area contributed by atoms with E-state index in [-0.39, 0.29) is 0 Å². The van der Waals surface area contributed by atoms with Crippen LogP contribution in [0.3, 0.4) is 0 Å². The molecule has 5 heteroatoms. The lowest BCUT2D eigenvalue weighted by Gasteiger charge is -2.20. The minimum atomic E-state index is 0.524. The first kappa shape index (κ1) is 14.1. The first-order valence-corrected chi connectivity index (χ1v) is 7.31. The Morgan fingerprint density at radius 3 is 2.74 bits per heavy atom. The molecule has 1 aliphatic carbocycles. The van der Waals surface area contributed by atoms with E-state index in [1.807, 2.05) is 0 Å². The molecule has 0 bridgehead atoms. The Morgan fingerprint density at radius 2 is 2.00 bits per heavy atom. The Morgan fingerprint density at radius 1 is 1.21 bits per heavy atom. The Hall–Kier alpha value is -1.36. The minimum absolute atomic E-state index is 0.524. The van der Waals surface area contributed by atoms with Crippen LogP contribution in [0.5, 0.6) is 0 Å². The third-order valence-corrected chi connectivity index (χ3v) is 4.03. The molecule has 2 atom stereocenters. The van der Waals surface area contributed by atoms with E-state index in [0.29, 0.717) is 6.04 Å². The van der Waals surface area contributed by atoms with Crippen molar-refractivity contribution in [2.75, 3.05) is 10.7 Å². The molecule has 0 radical (unpaired) electrons. The van der Waals surface area contributed by atoms with Crippen molar-refractivity contribution in [1.29, 1.82) is 0 Å². The molecule has 1 aromatic rings. The Kier molecular flexibility index (Phi) is 4.96. The number of nitrogen functional groups attached to an aromatic ring is 1. The van der Waals surface area contributed by atoms with Gasteiger partial charge in [-0.2, -0.15) is 0 Å². The number of aromatic nitrogens is 2. The van der Waals surface area contributed by atoms with E-state index in [9.17, 15) is 0 Å².